The normalized spacial score (nSPS) is 15.9. The van der Waals surface area contributed by atoms with Crippen LogP contribution >= 0.6 is 0 Å². The first kappa shape index (κ1) is 13.5. The highest BCUT2D eigenvalue weighted by atomic mass is 16.5. The molecule has 0 aromatic carbocycles. The van der Waals surface area contributed by atoms with Crippen LogP contribution in [0.5, 0.6) is 0 Å². The standard InChI is InChI=1S/C13H16N2O4/c1-9-10(13(17)18)3-4-11(14-9)12(16)15-5-2-7-19-8-6-15/h3-4H,2,5-8H2,1H3,(H,17,18). The minimum absolute atomic E-state index is 0.121. The molecular formula is C13H16N2O4. The molecular weight excluding hydrogens is 248 g/mol. The number of hydrogen-bond donors (Lipinski definition) is 1. The number of aromatic carboxylic acids is 1. The van der Waals surface area contributed by atoms with Crippen molar-refractivity contribution in [3.8, 4) is 0 Å². The third-order valence-corrected chi connectivity index (χ3v) is 3.04. The third kappa shape index (κ3) is 3.08. The maximum Gasteiger partial charge on any atom is 0.337 e. The van der Waals surface area contributed by atoms with Gasteiger partial charge in [-0.2, -0.15) is 0 Å². The van der Waals surface area contributed by atoms with Crippen molar-refractivity contribution < 1.29 is 19.4 Å². The summed E-state index contributed by atoms with van der Waals surface area (Å²) in [6.45, 7) is 3.96. The van der Waals surface area contributed by atoms with Gasteiger partial charge in [0, 0.05) is 19.7 Å². The van der Waals surface area contributed by atoms with Gasteiger partial charge in [0.2, 0.25) is 0 Å². The van der Waals surface area contributed by atoms with Gasteiger partial charge in [-0.25, -0.2) is 9.78 Å². The number of carbonyl (C=O) groups excluding carboxylic acids is 1. The highest BCUT2D eigenvalue weighted by molar-refractivity contribution is 5.94. The molecule has 2 rings (SSSR count). The van der Waals surface area contributed by atoms with Gasteiger partial charge < -0.3 is 14.7 Å². The third-order valence-electron chi connectivity index (χ3n) is 3.04. The van der Waals surface area contributed by atoms with Crippen molar-refractivity contribution in [1.29, 1.82) is 0 Å². The lowest BCUT2D eigenvalue weighted by Gasteiger charge is -2.19. The molecule has 1 aliphatic heterocycles. The molecule has 0 radical (unpaired) electrons. The molecule has 1 aromatic heterocycles. The van der Waals surface area contributed by atoms with Crippen LogP contribution in [0.4, 0.5) is 0 Å². The first-order valence-electron chi connectivity index (χ1n) is 6.17. The monoisotopic (exact) mass is 264 g/mol. The predicted octanol–water partition coefficient (Wildman–Crippen LogP) is 0.951. The van der Waals surface area contributed by atoms with E-state index in [0.29, 0.717) is 32.0 Å². The Morgan fingerprint density at radius 2 is 2.11 bits per heavy atom. The summed E-state index contributed by atoms with van der Waals surface area (Å²) in [6, 6.07) is 2.89. The number of aryl methyl sites for hydroxylation is 1. The molecule has 1 amide bonds. The van der Waals surface area contributed by atoms with Crippen molar-refractivity contribution >= 4 is 11.9 Å². The van der Waals surface area contributed by atoms with E-state index in [2.05, 4.69) is 4.98 Å². The number of carboxylic acids is 1. The highest BCUT2D eigenvalue weighted by Crippen LogP contribution is 2.10. The van der Waals surface area contributed by atoms with Crippen LogP contribution in [0.25, 0.3) is 0 Å². The second-order valence-electron chi connectivity index (χ2n) is 4.39. The smallest absolute Gasteiger partial charge is 0.337 e. The number of rotatable bonds is 2. The Kier molecular flexibility index (Phi) is 4.11. The molecule has 1 fully saturated rings. The zero-order valence-corrected chi connectivity index (χ0v) is 10.8. The SMILES string of the molecule is Cc1nc(C(=O)N2CCCOCC2)ccc1C(=O)O. The van der Waals surface area contributed by atoms with Crippen LogP contribution in [0, 0.1) is 6.92 Å². The fraction of sp³-hybridized carbons (Fsp3) is 0.462. The molecule has 1 saturated heterocycles. The molecule has 0 unspecified atom stereocenters. The van der Waals surface area contributed by atoms with E-state index in [4.69, 9.17) is 9.84 Å². The molecule has 19 heavy (non-hydrogen) atoms. The molecule has 0 aliphatic carbocycles. The van der Waals surface area contributed by atoms with Crippen LogP contribution in [-0.4, -0.2) is 53.2 Å². The number of ether oxygens (including phenoxy) is 1. The minimum atomic E-state index is -1.04. The first-order valence-corrected chi connectivity index (χ1v) is 6.17. The molecule has 2 heterocycles. The molecule has 0 spiro atoms. The number of amides is 1. The highest BCUT2D eigenvalue weighted by Gasteiger charge is 2.20. The van der Waals surface area contributed by atoms with E-state index in [1.165, 1.54) is 12.1 Å². The fourth-order valence-electron chi connectivity index (χ4n) is 2.02. The Labute approximate surface area is 111 Å². The molecule has 102 valence electrons. The van der Waals surface area contributed by atoms with Gasteiger partial charge >= 0.3 is 5.97 Å². The van der Waals surface area contributed by atoms with Gasteiger partial charge in [0.25, 0.3) is 5.91 Å². The van der Waals surface area contributed by atoms with Crippen LogP contribution in [-0.2, 0) is 4.74 Å². The molecule has 0 bridgehead atoms. The zero-order valence-electron chi connectivity index (χ0n) is 10.8. The maximum atomic E-state index is 12.2. The van der Waals surface area contributed by atoms with Crippen molar-refractivity contribution in [3.63, 3.8) is 0 Å². The van der Waals surface area contributed by atoms with E-state index >= 15 is 0 Å². The van der Waals surface area contributed by atoms with Crippen molar-refractivity contribution in [3.05, 3.63) is 29.1 Å². The van der Waals surface area contributed by atoms with Gasteiger partial charge in [-0.15, -0.1) is 0 Å². The van der Waals surface area contributed by atoms with Crippen molar-refractivity contribution in [1.82, 2.24) is 9.88 Å². The summed E-state index contributed by atoms with van der Waals surface area (Å²) in [6.07, 6.45) is 0.804. The van der Waals surface area contributed by atoms with Crippen LogP contribution in [0.3, 0.4) is 0 Å². The molecule has 1 aliphatic rings. The Hall–Kier alpha value is -1.95. The number of carbonyl (C=O) groups is 2. The molecule has 1 aromatic rings. The van der Waals surface area contributed by atoms with Crippen LogP contribution in [0.2, 0.25) is 0 Å². The Morgan fingerprint density at radius 1 is 1.32 bits per heavy atom. The molecule has 0 saturated carbocycles. The van der Waals surface area contributed by atoms with Gasteiger partial charge in [0.05, 0.1) is 17.9 Å². The predicted molar refractivity (Wildman–Crippen MR) is 67.3 cm³/mol. The lowest BCUT2D eigenvalue weighted by molar-refractivity contribution is 0.0690. The van der Waals surface area contributed by atoms with Crippen LogP contribution < -0.4 is 0 Å². The Morgan fingerprint density at radius 3 is 2.79 bits per heavy atom. The van der Waals surface area contributed by atoms with Gasteiger partial charge in [0.15, 0.2) is 0 Å². The largest absolute Gasteiger partial charge is 0.478 e. The quantitative estimate of drug-likeness (QED) is 0.860. The second-order valence-corrected chi connectivity index (χ2v) is 4.39. The summed E-state index contributed by atoms with van der Waals surface area (Å²) < 4.78 is 5.29. The summed E-state index contributed by atoms with van der Waals surface area (Å²) in [4.78, 5) is 28.9. The number of pyridine rings is 1. The lowest BCUT2D eigenvalue weighted by atomic mass is 10.2. The van der Waals surface area contributed by atoms with Gasteiger partial charge in [-0.1, -0.05) is 0 Å². The van der Waals surface area contributed by atoms with E-state index < -0.39 is 5.97 Å². The molecule has 1 N–H and O–H groups in total. The van der Waals surface area contributed by atoms with Crippen molar-refractivity contribution in [2.75, 3.05) is 26.3 Å². The second kappa shape index (κ2) is 5.79. The van der Waals surface area contributed by atoms with Crippen molar-refractivity contribution in [2.24, 2.45) is 0 Å². The number of aromatic nitrogens is 1. The van der Waals surface area contributed by atoms with Gasteiger partial charge in [-0.3, -0.25) is 4.79 Å². The molecule has 6 nitrogen and oxygen atoms in total. The van der Waals surface area contributed by atoms with Crippen LogP contribution in [0.1, 0.15) is 33.0 Å². The first-order chi connectivity index (χ1) is 9.09. The number of carboxylic acid groups (broad SMARTS) is 1. The topological polar surface area (TPSA) is 79.7 Å². The summed E-state index contributed by atoms with van der Waals surface area (Å²) >= 11 is 0. The van der Waals surface area contributed by atoms with E-state index in [0.717, 1.165) is 6.42 Å². The van der Waals surface area contributed by atoms with Crippen LogP contribution in [0.15, 0.2) is 12.1 Å². The van der Waals surface area contributed by atoms with E-state index in [1.807, 2.05) is 0 Å². The number of hydrogen-bond acceptors (Lipinski definition) is 4. The maximum absolute atomic E-state index is 12.2. The lowest BCUT2D eigenvalue weighted by Crippen LogP contribution is -2.33. The summed E-state index contributed by atoms with van der Waals surface area (Å²) in [5, 5.41) is 8.93. The minimum Gasteiger partial charge on any atom is -0.478 e. The average Bonchev–Trinajstić information content (AvgIpc) is 2.66. The Bertz CT molecular complexity index is 493. The fourth-order valence-corrected chi connectivity index (χ4v) is 2.02. The summed E-state index contributed by atoms with van der Waals surface area (Å²) in [5.74, 6) is -1.21. The Balaban J connectivity index is 2.19. The van der Waals surface area contributed by atoms with E-state index in [1.54, 1.807) is 11.8 Å². The van der Waals surface area contributed by atoms with Gasteiger partial charge in [0.1, 0.15) is 5.69 Å². The van der Waals surface area contributed by atoms with Crippen molar-refractivity contribution in [2.45, 2.75) is 13.3 Å². The van der Waals surface area contributed by atoms with E-state index in [9.17, 15) is 9.59 Å². The van der Waals surface area contributed by atoms with Gasteiger partial charge in [-0.05, 0) is 25.5 Å². The summed E-state index contributed by atoms with van der Waals surface area (Å²) in [5.41, 5.74) is 0.754. The summed E-state index contributed by atoms with van der Waals surface area (Å²) in [7, 11) is 0. The molecule has 6 heteroatoms. The molecule has 0 atom stereocenters. The average molecular weight is 264 g/mol. The zero-order chi connectivity index (χ0) is 13.8. The number of nitrogens with zero attached hydrogens (tertiary/aromatic N) is 2. The van der Waals surface area contributed by atoms with E-state index in [-0.39, 0.29) is 17.2 Å².